The summed E-state index contributed by atoms with van der Waals surface area (Å²) in [5.74, 6) is 0. The molecule has 1 nitrogen and oxygen atoms in total. The van der Waals surface area contributed by atoms with Gasteiger partial charge < -0.3 is 5.32 Å². The van der Waals surface area contributed by atoms with Gasteiger partial charge in [0.15, 0.2) is 0 Å². The lowest BCUT2D eigenvalue weighted by Crippen LogP contribution is -2.24. The Kier molecular flexibility index (Phi) is 6.01. The topological polar surface area (TPSA) is 12.0 Å². The number of hydrogen-bond acceptors (Lipinski definition) is 1. The minimum Gasteiger partial charge on any atom is -0.303 e. The maximum Gasteiger partial charge on any atom is 0.0323 e. The predicted octanol–water partition coefficient (Wildman–Crippen LogP) is 5.81. The Balaban J connectivity index is 2.08. The van der Waals surface area contributed by atoms with Crippen LogP contribution in [0.3, 0.4) is 0 Å². The van der Waals surface area contributed by atoms with Gasteiger partial charge in [0.2, 0.25) is 0 Å². The van der Waals surface area contributed by atoms with Crippen LogP contribution in [0.25, 0.3) is 0 Å². The highest BCUT2D eigenvalue weighted by Crippen LogP contribution is 2.23. The van der Waals surface area contributed by atoms with Crippen molar-refractivity contribution in [1.29, 1.82) is 0 Å². The van der Waals surface area contributed by atoms with Gasteiger partial charge in [-0.25, -0.2) is 0 Å². The summed E-state index contributed by atoms with van der Waals surface area (Å²) in [6.07, 6.45) is 2.19. The van der Waals surface area contributed by atoms with Crippen molar-refractivity contribution in [3.05, 3.63) is 69.7 Å². The molecular formula is C19H24BrN. The maximum atomic E-state index is 3.74. The number of aryl methyl sites for hydroxylation is 1. The molecule has 2 unspecified atom stereocenters. The largest absolute Gasteiger partial charge is 0.303 e. The number of rotatable bonds is 6. The molecule has 2 aromatic rings. The van der Waals surface area contributed by atoms with Gasteiger partial charge in [-0.2, -0.15) is 0 Å². The first-order valence-electron chi connectivity index (χ1n) is 7.74. The molecule has 0 spiro atoms. The highest BCUT2D eigenvalue weighted by Gasteiger charge is 2.13. The van der Waals surface area contributed by atoms with Crippen LogP contribution in [0.4, 0.5) is 0 Å². The van der Waals surface area contributed by atoms with Crippen molar-refractivity contribution in [2.45, 2.75) is 45.7 Å². The second-order valence-corrected chi connectivity index (χ2v) is 6.41. The van der Waals surface area contributed by atoms with E-state index >= 15 is 0 Å². The molecule has 2 heteroatoms. The molecule has 112 valence electrons. The van der Waals surface area contributed by atoms with Crippen molar-refractivity contribution < 1.29 is 0 Å². The summed E-state index contributed by atoms with van der Waals surface area (Å²) in [5, 5.41) is 3.74. The maximum absolute atomic E-state index is 3.74. The van der Waals surface area contributed by atoms with Crippen LogP contribution in [0.15, 0.2) is 53.0 Å². The van der Waals surface area contributed by atoms with E-state index in [-0.39, 0.29) is 0 Å². The molecule has 0 aliphatic rings. The van der Waals surface area contributed by atoms with Crippen LogP contribution in [-0.4, -0.2) is 0 Å². The summed E-state index contributed by atoms with van der Waals surface area (Å²) in [7, 11) is 0. The number of benzene rings is 2. The third-order valence-corrected chi connectivity index (χ3v) is 4.55. The summed E-state index contributed by atoms with van der Waals surface area (Å²) >= 11 is 3.49. The Morgan fingerprint density at radius 2 is 1.48 bits per heavy atom. The molecule has 0 aliphatic carbocycles. The summed E-state index contributed by atoms with van der Waals surface area (Å²) in [6.45, 7) is 6.66. The van der Waals surface area contributed by atoms with Gasteiger partial charge in [-0.1, -0.05) is 66.2 Å². The van der Waals surface area contributed by atoms with Crippen molar-refractivity contribution in [1.82, 2.24) is 5.32 Å². The first-order valence-corrected chi connectivity index (χ1v) is 8.53. The molecule has 2 aromatic carbocycles. The Morgan fingerprint density at radius 1 is 0.905 bits per heavy atom. The van der Waals surface area contributed by atoms with Crippen LogP contribution >= 0.6 is 15.9 Å². The van der Waals surface area contributed by atoms with E-state index in [4.69, 9.17) is 0 Å². The Hall–Kier alpha value is -1.12. The molecule has 0 saturated heterocycles. The van der Waals surface area contributed by atoms with Crippen LogP contribution < -0.4 is 5.32 Å². The van der Waals surface area contributed by atoms with E-state index in [1.54, 1.807) is 0 Å². The van der Waals surface area contributed by atoms with Crippen molar-refractivity contribution >= 4 is 15.9 Å². The standard InChI is InChI=1S/C19H24BrN/c1-4-15-6-8-17(9-7-15)19(5-2)21-14(3)16-10-12-18(20)13-11-16/h6-14,19,21H,4-5H2,1-3H3. The first kappa shape index (κ1) is 16.3. The second-order valence-electron chi connectivity index (χ2n) is 5.50. The van der Waals surface area contributed by atoms with E-state index < -0.39 is 0 Å². The van der Waals surface area contributed by atoms with Crippen LogP contribution in [0.1, 0.15) is 56.0 Å². The zero-order valence-electron chi connectivity index (χ0n) is 13.1. The second kappa shape index (κ2) is 7.77. The molecule has 0 saturated carbocycles. The fourth-order valence-electron chi connectivity index (χ4n) is 2.58. The van der Waals surface area contributed by atoms with Crippen LogP contribution in [-0.2, 0) is 6.42 Å². The molecule has 21 heavy (non-hydrogen) atoms. The summed E-state index contributed by atoms with van der Waals surface area (Å²) < 4.78 is 1.13. The molecule has 0 bridgehead atoms. The van der Waals surface area contributed by atoms with Gasteiger partial charge in [0, 0.05) is 16.6 Å². The van der Waals surface area contributed by atoms with Crippen LogP contribution in [0.2, 0.25) is 0 Å². The van der Waals surface area contributed by atoms with Gasteiger partial charge in [-0.05, 0) is 48.6 Å². The van der Waals surface area contributed by atoms with Gasteiger partial charge in [0.25, 0.3) is 0 Å². The molecule has 0 amide bonds. The Labute approximate surface area is 136 Å². The summed E-state index contributed by atoms with van der Waals surface area (Å²) in [4.78, 5) is 0. The summed E-state index contributed by atoms with van der Waals surface area (Å²) in [5.41, 5.74) is 4.09. The van der Waals surface area contributed by atoms with Gasteiger partial charge >= 0.3 is 0 Å². The highest BCUT2D eigenvalue weighted by atomic mass is 79.9. The van der Waals surface area contributed by atoms with E-state index in [9.17, 15) is 0 Å². The molecule has 2 atom stereocenters. The Morgan fingerprint density at radius 3 is 2.00 bits per heavy atom. The van der Waals surface area contributed by atoms with Crippen molar-refractivity contribution in [2.75, 3.05) is 0 Å². The quantitative estimate of drug-likeness (QED) is 0.696. The van der Waals surface area contributed by atoms with Crippen LogP contribution in [0.5, 0.6) is 0 Å². The average molecular weight is 346 g/mol. The first-order chi connectivity index (χ1) is 10.1. The molecule has 1 N–H and O–H groups in total. The zero-order chi connectivity index (χ0) is 15.2. The minimum atomic E-state index is 0.342. The van der Waals surface area contributed by atoms with Gasteiger partial charge in [-0.3, -0.25) is 0 Å². The van der Waals surface area contributed by atoms with E-state index in [1.807, 2.05) is 0 Å². The van der Waals surface area contributed by atoms with Crippen LogP contribution in [0, 0.1) is 0 Å². The fraction of sp³-hybridized carbons (Fsp3) is 0.368. The monoisotopic (exact) mass is 345 g/mol. The SMILES string of the molecule is CCc1ccc(C(CC)NC(C)c2ccc(Br)cc2)cc1. The van der Waals surface area contributed by atoms with Gasteiger partial charge in [0.1, 0.15) is 0 Å². The number of halogens is 1. The lowest BCUT2D eigenvalue weighted by molar-refractivity contribution is 0.456. The van der Waals surface area contributed by atoms with Gasteiger partial charge in [-0.15, -0.1) is 0 Å². The van der Waals surface area contributed by atoms with E-state index in [1.165, 1.54) is 16.7 Å². The third kappa shape index (κ3) is 4.42. The molecule has 0 aromatic heterocycles. The number of nitrogens with one attached hydrogen (secondary N) is 1. The fourth-order valence-corrected chi connectivity index (χ4v) is 2.85. The number of hydrogen-bond donors (Lipinski definition) is 1. The molecule has 0 fully saturated rings. The van der Waals surface area contributed by atoms with E-state index in [2.05, 4.69) is 90.5 Å². The molecule has 0 aliphatic heterocycles. The van der Waals surface area contributed by atoms with Gasteiger partial charge in [0.05, 0.1) is 0 Å². The van der Waals surface area contributed by atoms with Crippen molar-refractivity contribution in [2.24, 2.45) is 0 Å². The normalized spacial score (nSPS) is 13.9. The van der Waals surface area contributed by atoms with E-state index in [0.29, 0.717) is 12.1 Å². The smallest absolute Gasteiger partial charge is 0.0323 e. The Bertz CT molecular complexity index is 545. The lowest BCUT2D eigenvalue weighted by atomic mass is 9.99. The molecular weight excluding hydrogens is 322 g/mol. The average Bonchev–Trinajstić information content (AvgIpc) is 2.53. The van der Waals surface area contributed by atoms with E-state index in [0.717, 1.165) is 17.3 Å². The third-order valence-electron chi connectivity index (χ3n) is 4.02. The minimum absolute atomic E-state index is 0.342. The van der Waals surface area contributed by atoms with Crippen molar-refractivity contribution in [3.63, 3.8) is 0 Å². The zero-order valence-corrected chi connectivity index (χ0v) is 14.7. The molecule has 2 rings (SSSR count). The molecule has 0 radical (unpaired) electrons. The highest BCUT2D eigenvalue weighted by molar-refractivity contribution is 9.10. The predicted molar refractivity (Wildman–Crippen MR) is 94.5 cm³/mol. The van der Waals surface area contributed by atoms with Crippen molar-refractivity contribution in [3.8, 4) is 0 Å². The summed E-state index contributed by atoms with van der Waals surface area (Å²) in [6, 6.07) is 18.3. The molecule has 0 heterocycles. The lowest BCUT2D eigenvalue weighted by Gasteiger charge is -2.23.